The van der Waals surface area contributed by atoms with E-state index in [0.29, 0.717) is 31.5 Å². The lowest BCUT2D eigenvalue weighted by molar-refractivity contribution is -0.148. The Hall–Kier alpha value is -1.67. The van der Waals surface area contributed by atoms with Crippen molar-refractivity contribution in [2.45, 2.75) is 53.5 Å². The summed E-state index contributed by atoms with van der Waals surface area (Å²) in [5.74, 6) is -0.932. The number of hydrogen-bond acceptors (Lipinski definition) is 5. The molecule has 1 aromatic heterocycles. The van der Waals surface area contributed by atoms with Gasteiger partial charge in [0.15, 0.2) is 6.61 Å². The molecule has 27 heavy (non-hydrogen) atoms. The van der Waals surface area contributed by atoms with E-state index < -0.39 is 16.0 Å². The summed E-state index contributed by atoms with van der Waals surface area (Å²) in [6.45, 7) is 9.92. The standard InChI is InChI=1S/C19H30N2O5S/c1-6-27(24,25)20-9-7-16(8-10-20)19(23)26-12-18(22)17-11-14(4)21(13(2)3)15(17)5/h11,13,16H,6-10,12H2,1-5H3. The zero-order chi connectivity index (χ0) is 20.4. The lowest BCUT2D eigenvalue weighted by atomic mass is 9.98. The van der Waals surface area contributed by atoms with Crippen LogP contribution < -0.4 is 0 Å². The summed E-state index contributed by atoms with van der Waals surface area (Å²) < 4.78 is 32.5. The summed E-state index contributed by atoms with van der Waals surface area (Å²) in [5.41, 5.74) is 2.46. The highest BCUT2D eigenvalue weighted by Gasteiger charge is 2.31. The molecule has 152 valence electrons. The number of ether oxygens (including phenoxy) is 1. The summed E-state index contributed by atoms with van der Waals surface area (Å²) in [7, 11) is -3.22. The zero-order valence-corrected chi connectivity index (χ0v) is 17.6. The molecule has 0 spiro atoms. The lowest BCUT2D eigenvalue weighted by Crippen LogP contribution is -2.41. The Kier molecular flexibility index (Phi) is 6.86. The first-order valence-corrected chi connectivity index (χ1v) is 11.1. The molecule has 0 aliphatic carbocycles. The SMILES string of the molecule is CCS(=O)(=O)N1CCC(C(=O)OCC(=O)c2cc(C)n(C(C)C)c2C)CC1. The number of carbonyl (C=O) groups is 2. The van der Waals surface area contributed by atoms with Crippen LogP contribution in [0, 0.1) is 19.8 Å². The van der Waals surface area contributed by atoms with Crippen molar-refractivity contribution in [2.75, 3.05) is 25.4 Å². The number of piperidine rings is 1. The van der Waals surface area contributed by atoms with E-state index >= 15 is 0 Å². The number of aryl methyl sites for hydroxylation is 1. The van der Waals surface area contributed by atoms with Crippen LogP contribution in [0.5, 0.6) is 0 Å². The third-order valence-corrected chi connectivity index (χ3v) is 7.07. The van der Waals surface area contributed by atoms with Gasteiger partial charge in [0.05, 0.1) is 11.7 Å². The fraction of sp³-hybridized carbons (Fsp3) is 0.684. The third-order valence-electron chi connectivity index (χ3n) is 5.19. The molecule has 0 atom stereocenters. The van der Waals surface area contributed by atoms with Crippen LogP contribution in [0.4, 0.5) is 0 Å². The molecule has 1 saturated heterocycles. The summed E-state index contributed by atoms with van der Waals surface area (Å²) in [5, 5.41) is 0. The van der Waals surface area contributed by atoms with Crippen molar-refractivity contribution in [1.29, 1.82) is 0 Å². The van der Waals surface area contributed by atoms with Gasteiger partial charge in [0.1, 0.15) is 0 Å². The van der Waals surface area contributed by atoms with Gasteiger partial charge in [-0.3, -0.25) is 9.59 Å². The highest BCUT2D eigenvalue weighted by molar-refractivity contribution is 7.89. The molecule has 2 heterocycles. The van der Waals surface area contributed by atoms with Crippen LogP contribution in [-0.2, 0) is 19.6 Å². The molecule has 1 aliphatic heterocycles. The maximum atomic E-state index is 12.5. The number of esters is 1. The second-order valence-electron chi connectivity index (χ2n) is 7.35. The van der Waals surface area contributed by atoms with Gasteiger partial charge in [-0.15, -0.1) is 0 Å². The van der Waals surface area contributed by atoms with Gasteiger partial charge in [0.2, 0.25) is 15.8 Å². The predicted molar refractivity (Wildman–Crippen MR) is 103 cm³/mol. The molecule has 0 N–H and O–H groups in total. The molecule has 2 rings (SSSR count). The van der Waals surface area contributed by atoms with Crippen LogP contribution in [0.3, 0.4) is 0 Å². The van der Waals surface area contributed by atoms with Crippen LogP contribution in [0.2, 0.25) is 0 Å². The van der Waals surface area contributed by atoms with Crippen molar-refractivity contribution in [1.82, 2.24) is 8.87 Å². The van der Waals surface area contributed by atoms with E-state index in [2.05, 4.69) is 18.4 Å². The minimum absolute atomic E-state index is 0.0609. The summed E-state index contributed by atoms with van der Waals surface area (Å²) in [6.07, 6.45) is 0.849. The molecule has 1 aromatic rings. The monoisotopic (exact) mass is 398 g/mol. The minimum atomic E-state index is -3.22. The molecule has 0 saturated carbocycles. The van der Waals surface area contributed by atoms with Gasteiger partial charge in [-0.2, -0.15) is 0 Å². The summed E-state index contributed by atoms with van der Waals surface area (Å²) in [4.78, 5) is 24.8. The first-order valence-electron chi connectivity index (χ1n) is 9.44. The lowest BCUT2D eigenvalue weighted by Gasteiger charge is -2.29. The smallest absolute Gasteiger partial charge is 0.309 e. The van der Waals surface area contributed by atoms with E-state index in [0.717, 1.165) is 11.4 Å². The Morgan fingerprint density at radius 2 is 1.81 bits per heavy atom. The van der Waals surface area contributed by atoms with E-state index in [4.69, 9.17) is 4.74 Å². The van der Waals surface area contributed by atoms with E-state index in [1.54, 1.807) is 6.92 Å². The number of Topliss-reactive ketones (excluding diaryl/α,β-unsaturated/α-hetero) is 1. The van der Waals surface area contributed by atoms with Gasteiger partial charge < -0.3 is 9.30 Å². The second-order valence-corrected chi connectivity index (χ2v) is 9.61. The number of aromatic nitrogens is 1. The van der Waals surface area contributed by atoms with Gasteiger partial charge in [-0.1, -0.05) is 0 Å². The average molecular weight is 399 g/mol. The van der Waals surface area contributed by atoms with Crippen molar-refractivity contribution in [3.05, 3.63) is 23.0 Å². The van der Waals surface area contributed by atoms with Crippen LogP contribution >= 0.6 is 0 Å². The zero-order valence-electron chi connectivity index (χ0n) is 16.8. The van der Waals surface area contributed by atoms with E-state index in [1.807, 2.05) is 19.9 Å². The van der Waals surface area contributed by atoms with E-state index in [1.165, 1.54) is 4.31 Å². The molecule has 0 bridgehead atoms. The molecule has 0 aromatic carbocycles. The molecule has 1 fully saturated rings. The largest absolute Gasteiger partial charge is 0.457 e. The normalized spacial score (nSPS) is 16.7. The van der Waals surface area contributed by atoms with Gasteiger partial charge in [-0.25, -0.2) is 12.7 Å². The fourth-order valence-electron chi connectivity index (χ4n) is 3.74. The summed E-state index contributed by atoms with van der Waals surface area (Å²) >= 11 is 0. The van der Waals surface area contributed by atoms with Crippen LogP contribution in [0.1, 0.15) is 61.4 Å². The Morgan fingerprint density at radius 3 is 2.30 bits per heavy atom. The van der Waals surface area contributed by atoms with Gasteiger partial charge >= 0.3 is 5.97 Å². The number of hydrogen-bond donors (Lipinski definition) is 0. The molecule has 0 amide bonds. The quantitative estimate of drug-likeness (QED) is 0.520. The average Bonchev–Trinajstić information content (AvgIpc) is 2.93. The van der Waals surface area contributed by atoms with Crippen LogP contribution in [0.15, 0.2) is 6.07 Å². The van der Waals surface area contributed by atoms with Gasteiger partial charge in [0.25, 0.3) is 0 Å². The second kappa shape index (κ2) is 8.56. The number of sulfonamides is 1. The molecular weight excluding hydrogens is 368 g/mol. The molecule has 0 unspecified atom stereocenters. The van der Waals surface area contributed by atoms with E-state index in [9.17, 15) is 18.0 Å². The Balaban J connectivity index is 1.91. The van der Waals surface area contributed by atoms with Crippen molar-refractivity contribution < 1.29 is 22.7 Å². The first kappa shape index (κ1) is 21.6. The Morgan fingerprint density at radius 1 is 1.22 bits per heavy atom. The Labute approximate surface area is 161 Å². The number of ketones is 1. The Bertz CT molecular complexity index is 802. The van der Waals surface area contributed by atoms with Gasteiger partial charge in [0, 0.05) is 36.1 Å². The first-order chi connectivity index (χ1) is 12.6. The maximum Gasteiger partial charge on any atom is 0.309 e. The minimum Gasteiger partial charge on any atom is -0.457 e. The molecule has 0 radical (unpaired) electrons. The molecule has 7 nitrogen and oxygen atoms in total. The molecular formula is C19H30N2O5S. The highest BCUT2D eigenvalue weighted by Crippen LogP contribution is 2.23. The highest BCUT2D eigenvalue weighted by atomic mass is 32.2. The van der Waals surface area contributed by atoms with Crippen LogP contribution in [-0.4, -0.2) is 54.5 Å². The van der Waals surface area contributed by atoms with Crippen molar-refractivity contribution in [2.24, 2.45) is 5.92 Å². The van der Waals surface area contributed by atoms with Crippen molar-refractivity contribution >= 4 is 21.8 Å². The fourth-order valence-corrected chi connectivity index (χ4v) is 4.87. The third kappa shape index (κ3) is 4.79. The van der Waals surface area contributed by atoms with Crippen LogP contribution in [0.25, 0.3) is 0 Å². The number of carbonyl (C=O) groups excluding carboxylic acids is 2. The predicted octanol–water partition coefficient (Wildman–Crippen LogP) is 2.47. The molecule has 1 aliphatic rings. The topological polar surface area (TPSA) is 85.7 Å². The molecule has 8 heteroatoms. The van der Waals surface area contributed by atoms with Crippen molar-refractivity contribution in [3.8, 4) is 0 Å². The summed E-state index contributed by atoms with van der Waals surface area (Å²) in [6, 6.07) is 2.08. The van der Waals surface area contributed by atoms with Crippen molar-refractivity contribution in [3.63, 3.8) is 0 Å². The van der Waals surface area contributed by atoms with E-state index in [-0.39, 0.29) is 30.1 Å². The number of nitrogens with zero attached hydrogens (tertiary/aromatic N) is 2. The maximum absolute atomic E-state index is 12.5. The number of rotatable bonds is 7. The van der Waals surface area contributed by atoms with Gasteiger partial charge in [-0.05, 0) is 53.5 Å².